The molecule has 1 fully saturated rings. The number of carbonyl (C=O) groups is 1. The Balaban J connectivity index is 1.93. The standard InChI is InChI=1S/C16H14O4/c17-15(18)14-4-2-1-3-13(14)11-5-7-12(8-6-11)16-19-9-10-20-16/h1-8,16H,9-10H2,(H,17,18). The summed E-state index contributed by atoms with van der Waals surface area (Å²) < 4.78 is 10.9. The number of hydrogen-bond donors (Lipinski definition) is 1. The van der Waals surface area contributed by atoms with Crippen molar-refractivity contribution < 1.29 is 19.4 Å². The molecule has 4 nitrogen and oxygen atoms in total. The minimum absolute atomic E-state index is 0.300. The first kappa shape index (κ1) is 12.8. The predicted octanol–water partition coefficient (Wildman–Crippen LogP) is 3.10. The van der Waals surface area contributed by atoms with Crippen LogP contribution in [0.2, 0.25) is 0 Å². The van der Waals surface area contributed by atoms with Gasteiger partial charge in [0.25, 0.3) is 0 Å². The van der Waals surface area contributed by atoms with Gasteiger partial charge in [0.05, 0.1) is 18.8 Å². The Labute approximate surface area is 116 Å². The van der Waals surface area contributed by atoms with Gasteiger partial charge in [0, 0.05) is 5.56 Å². The average molecular weight is 270 g/mol. The molecule has 1 N–H and O–H groups in total. The molecule has 0 unspecified atom stereocenters. The zero-order chi connectivity index (χ0) is 13.9. The van der Waals surface area contributed by atoms with Crippen molar-refractivity contribution in [1.29, 1.82) is 0 Å². The van der Waals surface area contributed by atoms with E-state index in [2.05, 4.69) is 0 Å². The summed E-state index contributed by atoms with van der Waals surface area (Å²) in [6, 6.07) is 14.6. The van der Waals surface area contributed by atoms with E-state index in [9.17, 15) is 9.90 Å². The molecule has 0 saturated carbocycles. The zero-order valence-electron chi connectivity index (χ0n) is 10.8. The molecule has 0 spiro atoms. The minimum atomic E-state index is -0.924. The van der Waals surface area contributed by atoms with Gasteiger partial charge in [0.2, 0.25) is 0 Å². The lowest BCUT2D eigenvalue weighted by Gasteiger charge is -2.11. The van der Waals surface area contributed by atoms with Gasteiger partial charge in [-0.15, -0.1) is 0 Å². The average Bonchev–Trinajstić information content (AvgIpc) is 3.02. The number of aromatic carboxylic acids is 1. The molecule has 0 aromatic heterocycles. The summed E-state index contributed by atoms with van der Waals surface area (Å²) in [4.78, 5) is 11.2. The molecule has 0 aliphatic carbocycles. The maximum atomic E-state index is 11.2. The summed E-state index contributed by atoms with van der Waals surface area (Å²) in [6.07, 6.45) is -0.307. The second-order valence-corrected chi connectivity index (χ2v) is 4.55. The number of ether oxygens (including phenoxy) is 2. The Morgan fingerprint density at radius 2 is 1.65 bits per heavy atom. The highest BCUT2D eigenvalue weighted by molar-refractivity contribution is 5.95. The maximum Gasteiger partial charge on any atom is 0.336 e. The molecular formula is C16H14O4. The fraction of sp³-hybridized carbons (Fsp3) is 0.188. The van der Waals surface area contributed by atoms with Crippen molar-refractivity contribution in [3.8, 4) is 11.1 Å². The van der Waals surface area contributed by atoms with Crippen LogP contribution in [0.5, 0.6) is 0 Å². The largest absolute Gasteiger partial charge is 0.478 e. The second kappa shape index (κ2) is 5.45. The van der Waals surface area contributed by atoms with Gasteiger partial charge < -0.3 is 14.6 Å². The van der Waals surface area contributed by atoms with Crippen LogP contribution in [0.15, 0.2) is 48.5 Å². The molecule has 0 bridgehead atoms. The third-order valence-corrected chi connectivity index (χ3v) is 3.27. The molecule has 3 rings (SSSR count). The second-order valence-electron chi connectivity index (χ2n) is 4.55. The van der Waals surface area contributed by atoms with E-state index in [0.29, 0.717) is 24.3 Å². The summed E-state index contributed by atoms with van der Waals surface area (Å²) in [5.41, 5.74) is 2.82. The van der Waals surface area contributed by atoms with Gasteiger partial charge in [-0.1, -0.05) is 42.5 Å². The van der Waals surface area contributed by atoms with E-state index in [1.165, 1.54) is 0 Å². The summed E-state index contributed by atoms with van der Waals surface area (Å²) in [7, 11) is 0. The van der Waals surface area contributed by atoms with Crippen molar-refractivity contribution >= 4 is 5.97 Å². The van der Waals surface area contributed by atoms with Crippen molar-refractivity contribution in [2.75, 3.05) is 13.2 Å². The van der Waals surface area contributed by atoms with Gasteiger partial charge in [-0.05, 0) is 17.2 Å². The summed E-state index contributed by atoms with van der Waals surface area (Å²) in [5.74, 6) is -0.924. The molecule has 1 saturated heterocycles. The van der Waals surface area contributed by atoms with Gasteiger partial charge in [0.15, 0.2) is 6.29 Å². The van der Waals surface area contributed by atoms with Crippen LogP contribution in [-0.4, -0.2) is 24.3 Å². The van der Waals surface area contributed by atoms with Gasteiger partial charge in [0.1, 0.15) is 0 Å². The topological polar surface area (TPSA) is 55.8 Å². The van der Waals surface area contributed by atoms with E-state index >= 15 is 0 Å². The Hall–Kier alpha value is -2.17. The molecule has 1 aliphatic heterocycles. The first-order valence-electron chi connectivity index (χ1n) is 6.41. The Morgan fingerprint density at radius 1 is 1.00 bits per heavy atom. The Morgan fingerprint density at radius 3 is 2.30 bits per heavy atom. The maximum absolute atomic E-state index is 11.2. The highest BCUT2D eigenvalue weighted by Gasteiger charge is 2.18. The van der Waals surface area contributed by atoms with E-state index < -0.39 is 5.97 Å². The van der Waals surface area contributed by atoms with Crippen molar-refractivity contribution in [3.63, 3.8) is 0 Å². The number of carboxylic acids is 1. The molecule has 2 aromatic rings. The van der Waals surface area contributed by atoms with Gasteiger partial charge in [-0.25, -0.2) is 4.79 Å². The fourth-order valence-corrected chi connectivity index (χ4v) is 2.29. The van der Waals surface area contributed by atoms with Crippen molar-refractivity contribution in [3.05, 3.63) is 59.7 Å². The predicted molar refractivity (Wildman–Crippen MR) is 73.5 cm³/mol. The van der Waals surface area contributed by atoms with Crippen LogP contribution >= 0.6 is 0 Å². The van der Waals surface area contributed by atoms with Gasteiger partial charge in [-0.2, -0.15) is 0 Å². The molecule has 0 atom stereocenters. The number of rotatable bonds is 3. The van der Waals surface area contributed by atoms with Crippen LogP contribution in [0.25, 0.3) is 11.1 Å². The minimum Gasteiger partial charge on any atom is -0.478 e. The van der Waals surface area contributed by atoms with Crippen molar-refractivity contribution in [2.24, 2.45) is 0 Å². The normalized spacial score (nSPS) is 15.4. The van der Waals surface area contributed by atoms with Gasteiger partial charge in [-0.3, -0.25) is 0 Å². The van der Waals surface area contributed by atoms with E-state index in [-0.39, 0.29) is 6.29 Å². The monoisotopic (exact) mass is 270 g/mol. The van der Waals surface area contributed by atoms with Crippen LogP contribution in [0.4, 0.5) is 0 Å². The summed E-state index contributed by atoms with van der Waals surface area (Å²) in [6.45, 7) is 1.21. The summed E-state index contributed by atoms with van der Waals surface area (Å²) in [5, 5.41) is 9.21. The van der Waals surface area contributed by atoms with Crippen LogP contribution in [0.1, 0.15) is 22.2 Å². The van der Waals surface area contributed by atoms with Crippen LogP contribution < -0.4 is 0 Å². The summed E-state index contributed by atoms with van der Waals surface area (Å²) >= 11 is 0. The fourth-order valence-electron chi connectivity index (χ4n) is 2.29. The first-order chi connectivity index (χ1) is 9.75. The Kier molecular flexibility index (Phi) is 3.50. The van der Waals surface area contributed by atoms with Crippen LogP contribution in [-0.2, 0) is 9.47 Å². The SMILES string of the molecule is O=C(O)c1ccccc1-c1ccc(C2OCCO2)cc1. The molecule has 1 heterocycles. The molecule has 0 radical (unpaired) electrons. The smallest absolute Gasteiger partial charge is 0.336 e. The molecule has 1 aliphatic rings. The lowest BCUT2D eigenvalue weighted by molar-refractivity contribution is -0.0441. The van der Waals surface area contributed by atoms with Crippen LogP contribution in [0.3, 0.4) is 0 Å². The van der Waals surface area contributed by atoms with Crippen LogP contribution in [0, 0.1) is 0 Å². The van der Waals surface area contributed by atoms with E-state index in [1.54, 1.807) is 18.2 Å². The molecule has 2 aromatic carbocycles. The van der Waals surface area contributed by atoms with Crippen molar-refractivity contribution in [1.82, 2.24) is 0 Å². The zero-order valence-corrected chi connectivity index (χ0v) is 10.8. The number of benzene rings is 2. The Bertz CT molecular complexity index is 613. The van der Waals surface area contributed by atoms with E-state index in [1.807, 2.05) is 30.3 Å². The first-order valence-corrected chi connectivity index (χ1v) is 6.41. The number of carboxylic acid groups (broad SMARTS) is 1. The third kappa shape index (κ3) is 2.43. The third-order valence-electron chi connectivity index (χ3n) is 3.27. The molecule has 20 heavy (non-hydrogen) atoms. The molecule has 0 amide bonds. The molecule has 4 heteroatoms. The molecule has 102 valence electrons. The molecular weight excluding hydrogens is 256 g/mol. The van der Waals surface area contributed by atoms with E-state index in [4.69, 9.17) is 9.47 Å². The lowest BCUT2D eigenvalue weighted by Crippen LogP contribution is -2.00. The van der Waals surface area contributed by atoms with Crippen molar-refractivity contribution in [2.45, 2.75) is 6.29 Å². The van der Waals surface area contributed by atoms with Gasteiger partial charge >= 0.3 is 5.97 Å². The van der Waals surface area contributed by atoms with E-state index in [0.717, 1.165) is 11.1 Å². The number of hydrogen-bond acceptors (Lipinski definition) is 3. The quantitative estimate of drug-likeness (QED) is 0.931. The lowest BCUT2D eigenvalue weighted by atomic mass is 9.99. The highest BCUT2D eigenvalue weighted by atomic mass is 16.7. The highest BCUT2D eigenvalue weighted by Crippen LogP contribution is 2.28.